The number of nitrogens with zero attached hydrogens (tertiary/aromatic N) is 2. The third-order valence-corrected chi connectivity index (χ3v) is 1.92. The summed E-state index contributed by atoms with van der Waals surface area (Å²) in [6.07, 6.45) is 0. The molecule has 0 N–H and O–H groups in total. The third-order valence-electron chi connectivity index (χ3n) is 1.23. The van der Waals surface area contributed by atoms with E-state index < -0.39 is 0 Å². The predicted octanol–water partition coefficient (Wildman–Crippen LogP) is 1.83. The first kappa shape index (κ1) is 5.73. The normalized spacial score (nSPS) is 10.5. The Kier molecular flexibility index (Phi) is 1.14. The Labute approximate surface area is 60.5 Å². The first-order valence-electron chi connectivity index (χ1n) is 2.74. The van der Waals surface area contributed by atoms with Gasteiger partial charge in [0.1, 0.15) is 5.52 Å². The van der Waals surface area contributed by atoms with Gasteiger partial charge >= 0.3 is 0 Å². The molecule has 0 saturated carbocycles. The van der Waals surface area contributed by atoms with E-state index in [9.17, 15) is 4.39 Å². The summed E-state index contributed by atoms with van der Waals surface area (Å²) in [6.45, 7) is 0. The van der Waals surface area contributed by atoms with Crippen molar-refractivity contribution in [2.45, 2.75) is 0 Å². The van der Waals surface area contributed by atoms with Gasteiger partial charge in [-0.15, -0.1) is 5.10 Å². The first-order valence-corrected chi connectivity index (χ1v) is 3.52. The lowest BCUT2D eigenvalue weighted by Gasteiger charge is -1.84. The SMILES string of the molecule is Fc1cccc2snnc12. The Hall–Kier alpha value is -1.03. The first-order chi connectivity index (χ1) is 4.88. The molecule has 0 radical (unpaired) electrons. The van der Waals surface area contributed by atoms with Crippen LogP contribution < -0.4 is 0 Å². The molecular formula is C6H3FN2S. The molecule has 2 nitrogen and oxygen atoms in total. The summed E-state index contributed by atoms with van der Waals surface area (Å²) < 4.78 is 17.1. The van der Waals surface area contributed by atoms with Crippen molar-refractivity contribution in [1.82, 2.24) is 9.59 Å². The lowest BCUT2D eigenvalue weighted by Crippen LogP contribution is -1.74. The van der Waals surface area contributed by atoms with Crippen molar-refractivity contribution < 1.29 is 4.39 Å². The van der Waals surface area contributed by atoms with Crippen LogP contribution in [0, 0.1) is 5.82 Å². The molecule has 2 rings (SSSR count). The molecular weight excluding hydrogens is 151 g/mol. The van der Waals surface area contributed by atoms with E-state index in [1.54, 1.807) is 12.1 Å². The molecule has 0 atom stereocenters. The summed E-state index contributed by atoms with van der Waals surface area (Å²) in [7, 11) is 0. The van der Waals surface area contributed by atoms with Crippen molar-refractivity contribution in [3.63, 3.8) is 0 Å². The van der Waals surface area contributed by atoms with Crippen molar-refractivity contribution in [2.24, 2.45) is 0 Å². The maximum atomic E-state index is 12.7. The number of benzene rings is 1. The van der Waals surface area contributed by atoms with E-state index in [4.69, 9.17) is 0 Å². The van der Waals surface area contributed by atoms with Crippen LogP contribution in [-0.2, 0) is 0 Å². The fraction of sp³-hybridized carbons (Fsp3) is 0. The Morgan fingerprint density at radius 3 is 3.10 bits per heavy atom. The molecule has 0 aliphatic carbocycles. The van der Waals surface area contributed by atoms with Gasteiger partial charge in [-0.3, -0.25) is 0 Å². The number of hydrogen-bond acceptors (Lipinski definition) is 3. The fourth-order valence-corrected chi connectivity index (χ4v) is 1.35. The van der Waals surface area contributed by atoms with Crippen LogP contribution in [0.25, 0.3) is 10.2 Å². The summed E-state index contributed by atoms with van der Waals surface area (Å²) in [5.74, 6) is -0.300. The Morgan fingerprint density at radius 1 is 1.40 bits per heavy atom. The molecule has 0 aliphatic heterocycles. The van der Waals surface area contributed by atoms with Gasteiger partial charge in [-0.2, -0.15) is 0 Å². The molecule has 10 heavy (non-hydrogen) atoms. The molecule has 0 aliphatic rings. The number of hydrogen-bond donors (Lipinski definition) is 0. The molecule has 0 unspecified atom stereocenters. The maximum absolute atomic E-state index is 12.7. The molecule has 1 aromatic heterocycles. The lowest BCUT2D eigenvalue weighted by molar-refractivity contribution is 0.636. The second-order valence-corrected chi connectivity index (χ2v) is 2.65. The number of aromatic nitrogens is 2. The van der Waals surface area contributed by atoms with E-state index in [0.717, 1.165) is 4.70 Å². The third kappa shape index (κ3) is 0.690. The van der Waals surface area contributed by atoms with E-state index >= 15 is 0 Å². The molecule has 4 heteroatoms. The maximum Gasteiger partial charge on any atom is 0.152 e. The molecule has 50 valence electrons. The highest BCUT2D eigenvalue weighted by molar-refractivity contribution is 7.12. The summed E-state index contributed by atoms with van der Waals surface area (Å²) >= 11 is 1.20. The van der Waals surface area contributed by atoms with Gasteiger partial charge in [0.15, 0.2) is 5.82 Å². The van der Waals surface area contributed by atoms with Crippen molar-refractivity contribution in [3.05, 3.63) is 24.0 Å². The van der Waals surface area contributed by atoms with Gasteiger partial charge in [0, 0.05) is 0 Å². The van der Waals surface area contributed by atoms with Crippen LogP contribution >= 0.6 is 11.5 Å². The van der Waals surface area contributed by atoms with Crippen molar-refractivity contribution in [3.8, 4) is 0 Å². The van der Waals surface area contributed by atoms with E-state index in [-0.39, 0.29) is 5.82 Å². The van der Waals surface area contributed by atoms with E-state index in [1.165, 1.54) is 17.6 Å². The molecule has 0 saturated heterocycles. The highest BCUT2D eigenvalue weighted by Crippen LogP contribution is 2.16. The molecule has 0 fully saturated rings. The topological polar surface area (TPSA) is 25.8 Å². The minimum absolute atomic E-state index is 0.300. The van der Waals surface area contributed by atoms with Crippen LogP contribution in [0.2, 0.25) is 0 Å². The molecule has 0 amide bonds. The lowest BCUT2D eigenvalue weighted by atomic mass is 10.3. The van der Waals surface area contributed by atoms with Gasteiger partial charge in [-0.1, -0.05) is 10.6 Å². The van der Waals surface area contributed by atoms with Gasteiger partial charge in [0.2, 0.25) is 0 Å². The summed E-state index contributed by atoms with van der Waals surface area (Å²) in [5, 5.41) is 3.61. The zero-order chi connectivity index (χ0) is 6.97. The second-order valence-electron chi connectivity index (χ2n) is 1.86. The van der Waals surface area contributed by atoms with Crippen LogP contribution in [0.3, 0.4) is 0 Å². The average molecular weight is 154 g/mol. The standard InChI is InChI=1S/C6H3FN2S/c7-4-2-1-3-5-6(4)8-9-10-5/h1-3H. The van der Waals surface area contributed by atoms with Crippen LogP contribution in [0.4, 0.5) is 4.39 Å². The van der Waals surface area contributed by atoms with Crippen molar-refractivity contribution in [1.29, 1.82) is 0 Å². The molecule has 2 aromatic rings. The monoisotopic (exact) mass is 154 g/mol. The van der Waals surface area contributed by atoms with E-state index in [0.29, 0.717) is 5.52 Å². The van der Waals surface area contributed by atoms with Gasteiger partial charge in [-0.25, -0.2) is 4.39 Å². The van der Waals surface area contributed by atoms with Crippen LogP contribution in [0.15, 0.2) is 18.2 Å². The van der Waals surface area contributed by atoms with E-state index in [1.807, 2.05) is 0 Å². The Balaban J connectivity index is 2.95. The van der Waals surface area contributed by atoms with Gasteiger partial charge < -0.3 is 0 Å². The molecule has 0 bridgehead atoms. The minimum atomic E-state index is -0.300. The molecule has 1 aromatic carbocycles. The number of fused-ring (bicyclic) bond motifs is 1. The summed E-state index contributed by atoms with van der Waals surface area (Å²) in [6, 6.07) is 4.82. The molecule has 0 spiro atoms. The smallest absolute Gasteiger partial charge is 0.152 e. The summed E-state index contributed by atoms with van der Waals surface area (Å²) in [4.78, 5) is 0. The fourth-order valence-electron chi connectivity index (χ4n) is 0.771. The summed E-state index contributed by atoms with van der Waals surface area (Å²) in [5.41, 5.74) is 0.368. The highest BCUT2D eigenvalue weighted by Gasteiger charge is 2.01. The van der Waals surface area contributed by atoms with E-state index in [2.05, 4.69) is 9.59 Å². The number of halogens is 1. The Morgan fingerprint density at radius 2 is 2.30 bits per heavy atom. The van der Waals surface area contributed by atoms with Gasteiger partial charge in [-0.05, 0) is 23.7 Å². The van der Waals surface area contributed by atoms with Crippen LogP contribution in [-0.4, -0.2) is 9.59 Å². The van der Waals surface area contributed by atoms with Crippen LogP contribution in [0.1, 0.15) is 0 Å². The quantitative estimate of drug-likeness (QED) is 0.578. The largest absolute Gasteiger partial charge is 0.204 e. The van der Waals surface area contributed by atoms with Gasteiger partial charge in [0.25, 0.3) is 0 Å². The van der Waals surface area contributed by atoms with Crippen molar-refractivity contribution >= 4 is 21.7 Å². The van der Waals surface area contributed by atoms with Crippen molar-refractivity contribution in [2.75, 3.05) is 0 Å². The minimum Gasteiger partial charge on any atom is -0.204 e. The highest BCUT2D eigenvalue weighted by atomic mass is 32.1. The zero-order valence-electron chi connectivity index (χ0n) is 4.91. The molecule has 1 heterocycles. The second kappa shape index (κ2) is 1.98. The average Bonchev–Trinajstić information content (AvgIpc) is 2.36. The Bertz CT molecular complexity index is 357. The zero-order valence-corrected chi connectivity index (χ0v) is 5.73. The van der Waals surface area contributed by atoms with Crippen LogP contribution in [0.5, 0.6) is 0 Å². The predicted molar refractivity (Wildman–Crippen MR) is 37.4 cm³/mol. The van der Waals surface area contributed by atoms with Gasteiger partial charge in [0.05, 0.1) is 4.70 Å². The number of rotatable bonds is 0.